The molecule has 0 unspecified atom stereocenters. The van der Waals surface area contributed by atoms with Gasteiger partial charge in [0.05, 0.1) is 17.3 Å². The van der Waals surface area contributed by atoms with E-state index in [1.165, 1.54) is 6.07 Å². The lowest BCUT2D eigenvalue weighted by Crippen LogP contribution is -2.25. The van der Waals surface area contributed by atoms with Crippen LogP contribution in [0.2, 0.25) is 0 Å². The van der Waals surface area contributed by atoms with Crippen LogP contribution in [0.5, 0.6) is 0 Å². The summed E-state index contributed by atoms with van der Waals surface area (Å²) in [4.78, 5) is 11.1. The minimum Gasteiger partial charge on any atom is -0.273 e. The van der Waals surface area contributed by atoms with Crippen LogP contribution in [-0.4, -0.2) is 11.6 Å². The molecule has 2 aromatic carbocycles. The van der Waals surface area contributed by atoms with Gasteiger partial charge in [-0.2, -0.15) is 10.4 Å². The summed E-state index contributed by atoms with van der Waals surface area (Å²) in [5.74, 6) is -0.513. The third kappa shape index (κ3) is 2.72. The molecule has 0 atom stereocenters. The van der Waals surface area contributed by atoms with Crippen LogP contribution in [0.15, 0.2) is 47.6 Å². The van der Waals surface area contributed by atoms with E-state index in [-0.39, 0.29) is 11.7 Å². The maximum Gasteiger partial charge on any atom is 0.240 e. The van der Waals surface area contributed by atoms with Gasteiger partial charge in [-0.15, -0.1) is 0 Å². The largest absolute Gasteiger partial charge is 0.273 e. The van der Waals surface area contributed by atoms with Gasteiger partial charge in [0.15, 0.2) is 0 Å². The van der Waals surface area contributed by atoms with E-state index < -0.39 is 0 Å². The van der Waals surface area contributed by atoms with E-state index in [4.69, 9.17) is 5.26 Å². The number of hydrazone groups is 1. The molecule has 1 heterocycles. The van der Waals surface area contributed by atoms with Crippen molar-refractivity contribution in [2.24, 2.45) is 5.10 Å². The number of nitriles is 1. The Kier molecular flexibility index (Phi) is 3.67. The van der Waals surface area contributed by atoms with Crippen LogP contribution in [0.3, 0.4) is 0 Å². The lowest BCUT2D eigenvalue weighted by atomic mass is 9.98. The van der Waals surface area contributed by atoms with E-state index in [9.17, 15) is 9.18 Å². The molecule has 0 aliphatic carbocycles. The molecule has 0 saturated heterocycles. The minimum atomic E-state index is -0.382. The molecular formula is C17H12FN3O. The second kappa shape index (κ2) is 5.78. The predicted molar refractivity (Wildman–Crippen MR) is 80.5 cm³/mol. The lowest BCUT2D eigenvalue weighted by molar-refractivity contribution is -0.121. The Morgan fingerprint density at radius 1 is 1.14 bits per heavy atom. The topological polar surface area (TPSA) is 65.2 Å². The van der Waals surface area contributed by atoms with E-state index in [0.717, 1.165) is 0 Å². The van der Waals surface area contributed by atoms with Gasteiger partial charge in [-0.05, 0) is 23.8 Å². The molecule has 108 valence electrons. The van der Waals surface area contributed by atoms with Crippen molar-refractivity contribution in [2.75, 3.05) is 0 Å². The number of benzene rings is 2. The molecule has 0 bridgehead atoms. The second-order valence-corrected chi connectivity index (χ2v) is 4.98. The molecule has 0 spiro atoms. The monoisotopic (exact) mass is 293 g/mol. The first kappa shape index (κ1) is 14.0. The fourth-order valence-corrected chi connectivity index (χ4v) is 2.37. The number of carbonyl (C=O) groups is 1. The van der Waals surface area contributed by atoms with Crippen molar-refractivity contribution in [2.45, 2.75) is 12.8 Å². The first-order valence-corrected chi connectivity index (χ1v) is 6.83. The summed E-state index contributed by atoms with van der Waals surface area (Å²) >= 11 is 0. The summed E-state index contributed by atoms with van der Waals surface area (Å²) in [7, 11) is 0. The van der Waals surface area contributed by atoms with E-state index >= 15 is 0 Å². The molecule has 0 fully saturated rings. The average molecular weight is 293 g/mol. The first-order valence-electron chi connectivity index (χ1n) is 6.83. The Bertz CT molecular complexity index is 821. The average Bonchev–Trinajstić information content (AvgIpc) is 2.55. The summed E-state index contributed by atoms with van der Waals surface area (Å²) in [6.07, 6.45) is 0.848. The Balaban J connectivity index is 1.96. The molecule has 1 aliphatic rings. The Morgan fingerprint density at radius 3 is 2.68 bits per heavy atom. The van der Waals surface area contributed by atoms with Gasteiger partial charge in [0.25, 0.3) is 0 Å². The van der Waals surface area contributed by atoms with Gasteiger partial charge in [0, 0.05) is 24.0 Å². The van der Waals surface area contributed by atoms with Crippen molar-refractivity contribution in [3.8, 4) is 17.2 Å². The van der Waals surface area contributed by atoms with Crippen LogP contribution in [0, 0.1) is 17.1 Å². The molecule has 0 aromatic heterocycles. The molecular weight excluding hydrogens is 281 g/mol. The van der Waals surface area contributed by atoms with E-state index in [0.29, 0.717) is 40.8 Å². The van der Waals surface area contributed by atoms with Crippen LogP contribution in [-0.2, 0) is 4.79 Å². The molecule has 0 radical (unpaired) electrons. The molecule has 2 aromatic rings. The van der Waals surface area contributed by atoms with E-state index in [1.54, 1.807) is 36.4 Å². The molecule has 1 N–H and O–H groups in total. The van der Waals surface area contributed by atoms with Crippen molar-refractivity contribution < 1.29 is 9.18 Å². The zero-order valence-corrected chi connectivity index (χ0v) is 11.6. The molecule has 22 heavy (non-hydrogen) atoms. The quantitative estimate of drug-likeness (QED) is 0.925. The smallest absolute Gasteiger partial charge is 0.240 e. The number of nitrogens with zero attached hydrogens (tertiary/aromatic N) is 2. The maximum atomic E-state index is 14.4. The highest BCUT2D eigenvalue weighted by molar-refractivity contribution is 6.04. The zero-order chi connectivity index (χ0) is 15.5. The third-order valence-corrected chi connectivity index (χ3v) is 3.51. The first-order chi connectivity index (χ1) is 10.7. The van der Waals surface area contributed by atoms with Gasteiger partial charge in [-0.25, -0.2) is 9.82 Å². The molecule has 1 amide bonds. The maximum absolute atomic E-state index is 14.4. The van der Waals surface area contributed by atoms with E-state index in [2.05, 4.69) is 10.5 Å². The summed E-state index contributed by atoms with van der Waals surface area (Å²) in [5, 5.41) is 12.9. The Labute approximate surface area is 126 Å². The van der Waals surface area contributed by atoms with E-state index in [1.807, 2.05) is 6.07 Å². The standard InChI is InChI=1S/C17H12FN3O/c18-15-9-13(16-6-7-17(22)21-20-16)4-5-14(15)12-3-1-2-11(8-12)10-19/h1-5,8-9H,6-7H2,(H,21,22). The van der Waals surface area contributed by atoms with Gasteiger partial charge in [-0.1, -0.05) is 24.3 Å². The molecule has 5 heteroatoms. The number of carbonyl (C=O) groups excluding carboxylic acids is 1. The van der Waals surface area contributed by atoms with Crippen molar-refractivity contribution in [1.82, 2.24) is 5.43 Å². The van der Waals surface area contributed by atoms with Gasteiger partial charge in [0.2, 0.25) is 5.91 Å². The van der Waals surface area contributed by atoms with Gasteiger partial charge in [0.1, 0.15) is 5.82 Å². The number of amides is 1. The minimum absolute atomic E-state index is 0.130. The molecule has 0 saturated carbocycles. The lowest BCUT2D eigenvalue weighted by Gasteiger charge is -2.13. The fraction of sp³-hybridized carbons (Fsp3) is 0.118. The summed E-state index contributed by atoms with van der Waals surface area (Å²) in [5.41, 5.74) is 5.29. The molecule has 3 rings (SSSR count). The number of rotatable bonds is 2. The van der Waals surface area contributed by atoms with Crippen LogP contribution in [0.1, 0.15) is 24.0 Å². The van der Waals surface area contributed by atoms with Gasteiger partial charge in [-0.3, -0.25) is 4.79 Å². The number of nitrogens with one attached hydrogen (secondary N) is 1. The summed E-state index contributed by atoms with van der Waals surface area (Å²) < 4.78 is 14.4. The van der Waals surface area contributed by atoms with Crippen molar-refractivity contribution in [3.05, 3.63) is 59.4 Å². The van der Waals surface area contributed by atoms with Gasteiger partial charge >= 0.3 is 0 Å². The summed E-state index contributed by atoms with van der Waals surface area (Å²) in [6, 6.07) is 13.7. The van der Waals surface area contributed by atoms with Crippen molar-refractivity contribution in [1.29, 1.82) is 5.26 Å². The Morgan fingerprint density at radius 2 is 2.00 bits per heavy atom. The predicted octanol–water partition coefficient (Wildman–Crippen LogP) is 2.98. The van der Waals surface area contributed by atoms with Gasteiger partial charge < -0.3 is 0 Å². The van der Waals surface area contributed by atoms with Crippen molar-refractivity contribution >= 4 is 11.6 Å². The van der Waals surface area contributed by atoms with Crippen LogP contribution in [0.4, 0.5) is 4.39 Å². The molecule has 1 aliphatic heterocycles. The Hall–Kier alpha value is -3.00. The second-order valence-electron chi connectivity index (χ2n) is 4.98. The number of hydrogen-bond acceptors (Lipinski definition) is 3. The van der Waals surface area contributed by atoms with Crippen LogP contribution >= 0.6 is 0 Å². The number of hydrogen-bond donors (Lipinski definition) is 1. The van der Waals surface area contributed by atoms with Crippen LogP contribution in [0.25, 0.3) is 11.1 Å². The normalized spacial score (nSPS) is 14.0. The summed E-state index contributed by atoms with van der Waals surface area (Å²) in [6.45, 7) is 0. The highest BCUT2D eigenvalue weighted by Gasteiger charge is 2.15. The third-order valence-electron chi connectivity index (χ3n) is 3.51. The highest BCUT2D eigenvalue weighted by atomic mass is 19.1. The SMILES string of the molecule is N#Cc1cccc(-c2ccc(C3=NNC(=O)CC3)cc2F)c1. The van der Waals surface area contributed by atoms with Crippen LogP contribution < -0.4 is 5.43 Å². The van der Waals surface area contributed by atoms with Crippen molar-refractivity contribution in [3.63, 3.8) is 0 Å². The highest BCUT2D eigenvalue weighted by Crippen LogP contribution is 2.25. The zero-order valence-electron chi connectivity index (χ0n) is 11.6. The molecule has 4 nitrogen and oxygen atoms in total. The number of halogens is 1. The fourth-order valence-electron chi connectivity index (χ4n) is 2.37.